The minimum Gasteiger partial charge on any atom is -0.397 e. The van der Waals surface area contributed by atoms with Gasteiger partial charge in [-0.3, -0.25) is 0 Å². The normalized spacial score (nSPS) is 18.3. The maximum Gasteiger partial charge on any atom is 0.128 e. The van der Waals surface area contributed by atoms with Crippen molar-refractivity contribution in [3.63, 3.8) is 0 Å². The number of hydrogen-bond acceptors (Lipinski definition) is 2. The number of halogens is 1. The molecule has 0 atom stereocenters. The standard InChI is InChI=1S/C12H17FN2/c1-8-6-11(10(14)7-9(8)13)15-12(2)4-3-5-12/h6-7,15H,3-5,14H2,1-2H3. The molecule has 1 aromatic rings. The van der Waals surface area contributed by atoms with Gasteiger partial charge in [0, 0.05) is 5.54 Å². The Morgan fingerprint density at radius 1 is 1.40 bits per heavy atom. The van der Waals surface area contributed by atoms with E-state index in [1.165, 1.54) is 12.5 Å². The number of rotatable bonds is 2. The van der Waals surface area contributed by atoms with E-state index in [4.69, 9.17) is 5.73 Å². The first-order chi connectivity index (χ1) is 7.00. The van der Waals surface area contributed by atoms with Gasteiger partial charge in [0.25, 0.3) is 0 Å². The molecule has 15 heavy (non-hydrogen) atoms. The average molecular weight is 208 g/mol. The molecule has 0 heterocycles. The van der Waals surface area contributed by atoms with Crippen molar-refractivity contribution in [3.8, 4) is 0 Å². The molecule has 1 aliphatic carbocycles. The van der Waals surface area contributed by atoms with Crippen LogP contribution in [0.4, 0.5) is 15.8 Å². The molecule has 2 nitrogen and oxygen atoms in total. The molecule has 0 aliphatic heterocycles. The Bertz CT molecular complexity index is 383. The number of nitrogen functional groups attached to an aromatic ring is 1. The minimum absolute atomic E-state index is 0.151. The van der Waals surface area contributed by atoms with Crippen molar-refractivity contribution >= 4 is 11.4 Å². The zero-order valence-electron chi connectivity index (χ0n) is 9.23. The Morgan fingerprint density at radius 2 is 2.07 bits per heavy atom. The van der Waals surface area contributed by atoms with Gasteiger partial charge in [0.15, 0.2) is 0 Å². The van der Waals surface area contributed by atoms with Crippen LogP contribution in [0.1, 0.15) is 31.7 Å². The van der Waals surface area contributed by atoms with Crippen molar-refractivity contribution < 1.29 is 4.39 Å². The van der Waals surface area contributed by atoms with Crippen molar-refractivity contribution in [2.45, 2.75) is 38.6 Å². The SMILES string of the molecule is Cc1cc(NC2(C)CCC2)c(N)cc1F. The molecular formula is C12H17FN2. The summed E-state index contributed by atoms with van der Waals surface area (Å²) in [7, 11) is 0. The summed E-state index contributed by atoms with van der Waals surface area (Å²) in [6.45, 7) is 3.93. The molecule has 1 aliphatic rings. The lowest BCUT2D eigenvalue weighted by Crippen LogP contribution is -2.41. The lowest BCUT2D eigenvalue weighted by molar-refractivity contribution is 0.307. The van der Waals surface area contributed by atoms with Gasteiger partial charge in [0.05, 0.1) is 11.4 Å². The summed E-state index contributed by atoms with van der Waals surface area (Å²) in [5.41, 5.74) is 7.91. The van der Waals surface area contributed by atoms with Crippen molar-refractivity contribution in [3.05, 3.63) is 23.5 Å². The Balaban J connectivity index is 2.24. The molecule has 0 saturated heterocycles. The van der Waals surface area contributed by atoms with E-state index in [-0.39, 0.29) is 11.4 Å². The number of aryl methyl sites for hydroxylation is 1. The van der Waals surface area contributed by atoms with Crippen LogP contribution in [-0.2, 0) is 0 Å². The van der Waals surface area contributed by atoms with Crippen LogP contribution in [-0.4, -0.2) is 5.54 Å². The zero-order valence-corrected chi connectivity index (χ0v) is 9.23. The lowest BCUT2D eigenvalue weighted by atomic mass is 9.78. The van der Waals surface area contributed by atoms with Gasteiger partial charge in [0.2, 0.25) is 0 Å². The molecule has 1 aromatic carbocycles. The Morgan fingerprint density at radius 3 is 2.60 bits per heavy atom. The highest BCUT2D eigenvalue weighted by Gasteiger charge is 2.31. The van der Waals surface area contributed by atoms with E-state index in [0.29, 0.717) is 11.3 Å². The highest BCUT2D eigenvalue weighted by molar-refractivity contribution is 5.68. The van der Waals surface area contributed by atoms with Gasteiger partial charge in [0.1, 0.15) is 5.82 Å². The highest BCUT2D eigenvalue weighted by atomic mass is 19.1. The third-order valence-electron chi connectivity index (χ3n) is 3.22. The molecule has 3 heteroatoms. The maximum atomic E-state index is 13.2. The van der Waals surface area contributed by atoms with Gasteiger partial charge in [-0.15, -0.1) is 0 Å². The summed E-state index contributed by atoms with van der Waals surface area (Å²) < 4.78 is 13.2. The first-order valence-corrected chi connectivity index (χ1v) is 5.34. The number of anilines is 2. The summed E-state index contributed by atoms with van der Waals surface area (Å²) in [6.07, 6.45) is 3.56. The predicted octanol–water partition coefficient (Wildman–Crippen LogP) is 3.07. The summed E-state index contributed by atoms with van der Waals surface area (Å²) >= 11 is 0. The molecule has 0 radical (unpaired) electrons. The van der Waals surface area contributed by atoms with E-state index in [1.54, 1.807) is 13.0 Å². The van der Waals surface area contributed by atoms with E-state index < -0.39 is 0 Å². The molecule has 0 unspecified atom stereocenters. The third-order valence-corrected chi connectivity index (χ3v) is 3.22. The second-order valence-electron chi connectivity index (χ2n) is 4.73. The van der Waals surface area contributed by atoms with Crippen molar-refractivity contribution in [1.29, 1.82) is 0 Å². The lowest BCUT2D eigenvalue weighted by Gasteiger charge is -2.40. The molecule has 0 spiro atoms. The van der Waals surface area contributed by atoms with Crippen molar-refractivity contribution in [1.82, 2.24) is 0 Å². The van der Waals surface area contributed by atoms with E-state index >= 15 is 0 Å². The van der Waals surface area contributed by atoms with Crippen LogP contribution in [0.15, 0.2) is 12.1 Å². The smallest absolute Gasteiger partial charge is 0.128 e. The van der Waals surface area contributed by atoms with Gasteiger partial charge in [-0.1, -0.05) is 0 Å². The highest BCUT2D eigenvalue weighted by Crippen LogP contribution is 2.36. The summed E-state index contributed by atoms with van der Waals surface area (Å²) in [5, 5.41) is 3.40. The number of hydrogen-bond donors (Lipinski definition) is 2. The van der Waals surface area contributed by atoms with Crippen LogP contribution in [0.5, 0.6) is 0 Å². The second-order valence-corrected chi connectivity index (χ2v) is 4.73. The summed E-state index contributed by atoms with van der Waals surface area (Å²) in [6, 6.07) is 3.17. The van der Waals surface area contributed by atoms with Crippen LogP contribution < -0.4 is 11.1 Å². The van der Waals surface area contributed by atoms with E-state index in [2.05, 4.69) is 12.2 Å². The second kappa shape index (κ2) is 3.40. The Hall–Kier alpha value is -1.25. The van der Waals surface area contributed by atoms with E-state index in [0.717, 1.165) is 18.5 Å². The molecule has 0 aromatic heterocycles. The fourth-order valence-electron chi connectivity index (χ4n) is 1.96. The molecule has 0 amide bonds. The predicted molar refractivity (Wildman–Crippen MR) is 61.4 cm³/mol. The van der Waals surface area contributed by atoms with Crippen LogP contribution in [0, 0.1) is 12.7 Å². The van der Waals surface area contributed by atoms with E-state index in [9.17, 15) is 4.39 Å². The van der Waals surface area contributed by atoms with Crippen LogP contribution >= 0.6 is 0 Å². The molecule has 2 rings (SSSR count). The van der Waals surface area contributed by atoms with E-state index in [1.807, 2.05) is 0 Å². The molecule has 1 fully saturated rings. The van der Waals surface area contributed by atoms with Gasteiger partial charge in [-0.05, 0) is 50.8 Å². The average Bonchev–Trinajstić information content (AvgIpc) is 2.11. The Kier molecular flexibility index (Phi) is 2.33. The summed E-state index contributed by atoms with van der Waals surface area (Å²) in [5.74, 6) is -0.239. The number of benzene rings is 1. The van der Waals surface area contributed by atoms with Crippen LogP contribution in [0.3, 0.4) is 0 Å². The van der Waals surface area contributed by atoms with Crippen molar-refractivity contribution in [2.75, 3.05) is 11.1 Å². The largest absolute Gasteiger partial charge is 0.397 e. The maximum absolute atomic E-state index is 13.2. The molecular weight excluding hydrogens is 191 g/mol. The van der Waals surface area contributed by atoms with Gasteiger partial charge in [-0.2, -0.15) is 0 Å². The van der Waals surface area contributed by atoms with Crippen molar-refractivity contribution in [2.24, 2.45) is 0 Å². The van der Waals surface area contributed by atoms with Gasteiger partial charge in [-0.25, -0.2) is 4.39 Å². The third kappa shape index (κ3) is 1.91. The molecule has 0 bridgehead atoms. The first-order valence-electron chi connectivity index (χ1n) is 5.34. The topological polar surface area (TPSA) is 38.0 Å². The monoisotopic (exact) mass is 208 g/mol. The first kappa shape index (κ1) is 10.3. The van der Waals surface area contributed by atoms with Gasteiger partial charge >= 0.3 is 0 Å². The molecule has 82 valence electrons. The fourth-order valence-corrected chi connectivity index (χ4v) is 1.96. The van der Waals surface area contributed by atoms with Crippen LogP contribution in [0.2, 0.25) is 0 Å². The zero-order chi connectivity index (χ0) is 11.1. The fraction of sp³-hybridized carbons (Fsp3) is 0.500. The molecule has 3 N–H and O–H groups in total. The quantitative estimate of drug-likeness (QED) is 0.733. The summed E-state index contributed by atoms with van der Waals surface area (Å²) in [4.78, 5) is 0. The number of nitrogens with two attached hydrogens (primary N) is 1. The van der Waals surface area contributed by atoms with Crippen LogP contribution in [0.25, 0.3) is 0 Å². The Labute approximate surface area is 89.7 Å². The minimum atomic E-state index is -0.239. The molecule has 1 saturated carbocycles. The number of nitrogens with one attached hydrogen (secondary N) is 1. The van der Waals surface area contributed by atoms with Gasteiger partial charge < -0.3 is 11.1 Å².